The molecule has 0 fully saturated rings. The first kappa shape index (κ1) is 17.8. The van der Waals surface area contributed by atoms with Crippen LogP contribution in [0, 0.1) is 5.95 Å². The molecular formula is C20H18FN7. The molecule has 0 aromatic carbocycles. The van der Waals surface area contributed by atoms with Gasteiger partial charge < -0.3 is 4.57 Å². The van der Waals surface area contributed by atoms with Gasteiger partial charge in [-0.15, -0.1) is 5.10 Å². The maximum atomic E-state index is 13.5. The molecule has 0 amide bonds. The SMILES string of the molecule is CCCc1cc(-c2cnccn2)nnc1Cn1ccnc1-c1cccc(F)n1. The lowest BCUT2D eigenvalue weighted by atomic mass is 10.1. The van der Waals surface area contributed by atoms with E-state index in [-0.39, 0.29) is 0 Å². The second kappa shape index (κ2) is 7.99. The standard InChI is InChI=1S/C20H18FN7/c1-2-4-14-11-16(17-12-22-7-8-23-17)26-27-18(14)13-28-10-9-24-20(28)15-5-3-6-19(21)25-15/h3,5-12H,2,4,13H2,1H3. The van der Waals surface area contributed by atoms with Crippen molar-refractivity contribution in [2.45, 2.75) is 26.3 Å². The van der Waals surface area contributed by atoms with Gasteiger partial charge in [0.15, 0.2) is 5.82 Å². The number of hydrogen-bond acceptors (Lipinski definition) is 6. The lowest BCUT2D eigenvalue weighted by molar-refractivity contribution is 0.584. The number of aryl methyl sites for hydroxylation is 1. The molecule has 0 aliphatic rings. The van der Waals surface area contributed by atoms with Gasteiger partial charge in [-0.2, -0.15) is 9.49 Å². The third kappa shape index (κ3) is 3.75. The minimum absolute atomic E-state index is 0.469. The fourth-order valence-corrected chi connectivity index (χ4v) is 3.00. The van der Waals surface area contributed by atoms with E-state index in [4.69, 9.17) is 0 Å². The molecule has 0 aliphatic carbocycles. The Bertz CT molecular complexity index is 1080. The highest BCUT2D eigenvalue weighted by molar-refractivity contribution is 5.53. The Hall–Kier alpha value is -3.55. The molecule has 0 saturated carbocycles. The molecule has 0 bridgehead atoms. The maximum absolute atomic E-state index is 13.5. The molecular weight excluding hydrogens is 357 g/mol. The van der Waals surface area contributed by atoms with E-state index in [1.54, 1.807) is 36.9 Å². The Morgan fingerprint density at radius 1 is 1.00 bits per heavy atom. The number of nitrogens with zero attached hydrogens (tertiary/aromatic N) is 7. The van der Waals surface area contributed by atoms with Gasteiger partial charge in [0.25, 0.3) is 0 Å². The van der Waals surface area contributed by atoms with Crippen LogP contribution in [-0.4, -0.2) is 34.7 Å². The molecule has 4 rings (SSSR count). The number of pyridine rings is 1. The van der Waals surface area contributed by atoms with Crippen molar-refractivity contribution in [2.75, 3.05) is 0 Å². The van der Waals surface area contributed by atoms with E-state index in [1.165, 1.54) is 6.07 Å². The Morgan fingerprint density at radius 3 is 2.71 bits per heavy atom. The molecule has 0 spiro atoms. The molecule has 0 radical (unpaired) electrons. The normalized spacial score (nSPS) is 10.9. The molecule has 0 saturated heterocycles. The van der Waals surface area contributed by atoms with Crippen LogP contribution in [-0.2, 0) is 13.0 Å². The molecule has 7 nitrogen and oxygen atoms in total. The first-order valence-electron chi connectivity index (χ1n) is 9.00. The summed E-state index contributed by atoms with van der Waals surface area (Å²) < 4.78 is 15.4. The Kier molecular flexibility index (Phi) is 5.09. The summed E-state index contributed by atoms with van der Waals surface area (Å²) >= 11 is 0. The highest BCUT2D eigenvalue weighted by Gasteiger charge is 2.13. The van der Waals surface area contributed by atoms with Crippen molar-refractivity contribution in [1.82, 2.24) is 34.7 Å². The van der Waals surface area contributed by atoms with E-state index in [9.17, 15) is 4.39 Å². The molecule has 0 atom stereocenters. The topological polar surface area (TPSA) is 82.3 Å². The van der Waals surface area contributed by atoms with Gasteiger partial charge in [-0.25, -0.2) is 9.97 Å². The van der Waals surface area contributed by atoms with E-state index < -0.39 is 5.95 Å². The molecule has 8 heteroatoms. The second-order valence-corrected chi connectivity index (χ2v) is 6.27. The summed E-state index contributed by atoms with van der Waals surface area (Å²) in [5.74, 6) is 0.0496. The van der Waals surface area contributed by atoms with Crippen molar-refractivity contribution in [3.05, 3.63) is 72.5 Å². The molecule has 140 valence electrons. The molecule has 28 heavy (non-hydrogen) atoms. The van der Waals surface area contributed by atoms with Gasteiger partial charge in [-0.05, 0) is 30.2 Å². The number of rotatable bonds is 6. The van der Waals surface area contributed by atoms with Gasteiger partial charge in [0, 0.05) is 24.8 Å². The van der Waals surface area contributed by atoms with E-state index in [2.05, 4.69) is 37.1 Å². The molecule has 4 aromatic rings. The van der Waals surface area contributed by atoms with E-state index >= 15 is 0 Å². The van der Waals surface area contributed by atoms with Crippen molar-refractivity contribution >= 4 is 0 Å². The van der Waals surface area contributed by atoms with Crippen LogP contribution in [0.3, 0.4) is 0 Å². The second-order valence-electron chi connectivity index (χ2n) is 6.27. The summed E-state index contributed by atoms with van der Waals surface area (Å²) in [4.78, 5) is 16.6. The van der Waals surface area contributed by atoms with Crippen molar-refractivity contribution in [3.8, 4) is 22.9 Å². The summed E-state index contributed by atoms with van der Waals surface area (Å²) in [7, 11) is 0. The van der Waals surface area contributed by atoms with Gasteiger partial charge in [0.1, 0.15) is 17.1 Å². The molecule has 0 unspecified atom stereocenters. The molecule has 4 heterocycles. The van der Waals surface area contributed by atoms with Gasteiger partial charge in [-0.3, -0.25) is 9.97 Å². The molecule has 4 aromatic heterocycles. The van der Waals surface area contributed by atoms with Gasteiger partial charge in [0.2, 0.25) is 5.95 Å². The molecule has 0 aliphatic heterocycles. The average Bonchev–Trinajstić information content (AvgIpc) is 3.18. The fraction of sp³-hybridized carbons (Fsp3) is 0.200. The highest BCUT2D eigenvalue weighted by Crippen LogP contribution is 2.20. The predicted molar refractivity (Wildman–Crippen MR) is 102 cm³/mol. The number of hydrogen-bond donors (Lipinski definition) is 0. The van der Waals surface area contributed by atoms with E-state index in [0.29, 0.717) is 29.5 Å². The quantitative estimate of drug-likeness (QED) is 0.481. The van der Waals surface area contributed by atoms with Crippen molar-refractivity contribution < 1.29 is 4.39 Å². The lowest BCUT2D eigenvalue weighted by Gasteiger charge is -2.11. The van der Waals surface area contributed by atoms with Gasteiger partial charge in [0.05, 0.1) is 18.4 Å². The third-order valence-corrected chi connectivity index (χ3v) is 4.28. The van der Waals surface area contributed by atoms with Crippen LogP contribution in [0.4, 0.5) is 4.39 Å². The minimum atomic E-state index is -0.535. The third-order valence-electron chi connectivity index (χ3n) is 4.28. The smallest absolute Gasteiger partial charge is 0.213 e. The fourth-order valence-electron chi connectivity index (χ4n) is 3.00. The minimum Gasteiger partial charge on any atom is -0.324 e. The highest BCUT2D eigenvalue weighted by atomic mass is 19.1. The van der Waals surface area contributed by atoms with E-state index in [1.807, 2.05) is 16.8 Å². The summed E-state index contributed by atoms with van der Waals surface area (Å²) in [6, 6.07) is 6.67. The van der Waals surface area contributed by atoms with Gasteiger partial charge in [-0.1, -0.05) is 19.4 Å². The van der Waals surface area contributed by atoms with Crippen LogP contribution in [0.1, 0.15) is 24.6 Å². The van der Waals surface area contributed by atoms with Crippen LogP contribution >= 0.6 is 0 Å². The number of aromatic nitrogens is 7. The lowest BCUT2D eigenvalue weighted by Crippen LogP contribution is -2.09. The van der Waals surface area contributed by atoms with Gasteiger partial charge >= 0.3 is 0 Å². The van der Waals surface area contributed by atoms with Crippen LogP contribution in [0.25, 0.3) is 22.9 Å². The monoisotopic (exact) mass is 375 g/mol. The van der Waals surface area contributed by atoms with Crippen LogP contribution < -0.4 is 0 Å². The predicted octanol–water partition coefficient (Wildman–Crippen LogP) is 3.33. The van der Waals surface area contributed by atoms with Crippen LogP contribution in [0.5, 0.6) is 0 Å². The number of imidazole rings is 1. The maximum Gasteiger partial charge on any atom is 0.213 e. The van der Waals surface area contributed by atoms with Crippen molar-refractivity contribution in [3.63, 3.8) is 0 Å². The summed E-state index contributed by atoms with van der Waals surface area (Å²) in [6.45, 7) is 2.59. The van der Waals surface area contributed by atoms with Crippen molar-refractivity contribution in [2.24, 2.45) is 0 Å². The Morgan fingerprint density at radius 2 is 1.93 bits per heavy atom. The summed E-state index contributed by atoms with van der Waals surface area (Å²) in [5.41, 5.74) is 3.78. The first-order chi connectivity index (χ1) is 13.7. The average molecular weight is 375 g/mol. The Labute approximate surface area is 161 Å². The van der Waals surface area contributed by atoms with E-state index in [0.717, 1.165) is 24.1 Å². The summed E-state index contributed by atoms with van der Waals surface area (Å²) in [6.07, 6.45) is 10.3. The van der Waals surface area contributed by atoms with Crippen molar-refractivity contribution in [1.29, 1.82) is 0 Å². The zero-order chi connectivity index (χ0) is 19.3. The number of halogens is 1. The largest absolute Gasteiger partial charge is 0.324 e. The first-order valence-corrected chi connectivity index (χ1v) is 9.00. The zero-order valence-corrected chi connectivity index (χ0v) is 15.3. The summed E-state index contributed by atoms with van der Waals surface area (Å²) in [5, 5.41) is 8.77. The Balaban J connectivity index is 1.68. The van der Waals surface area contributed by atoms with Crippen LogP contribution in [0.15, 0.2) is 55.2 Å². The van der Waals surface area contributed by atoms with Crippen LogP contribution in [0.2, 0.25) is 0 Å². The zero-order valence-electron chi connectivity index (χ0n) is 15.3. The molecule has 0 N–H and O–H groups in total.